The molecule has 96 valence electrons. The Morgan fingerprint density at radius 3 is 2.61 bits per heavy atom. The van der Waals surface area contributed by atoms with E-state index in [4.69, 9.17) is 4.74 Å². The van der Waals surface area contributed by atoms with E-state index in [0.717, 1.165) is 5.56 Å². The van der Waals surface area contributed by atoms with Crippen LogP contribution in [0.4, 0.5) is 0 Å². The van der Waals surface area contributed by atoms with Crippen LogP contribution in [-0.4, -0.2) is 19.8 Å². The minimum atomic E-state index is -0.634. The molecule has 0 aliphatic heterocycles. The van der Waals surface area contributed by atoms with E-state index in [-0.39, 0.29) is 0 Å². The lowest BCUT2D eigenvalue weighted by molar-refractivity contribution is -0.00469. The molecule has 1 aliphatic rings. The molecule has 1 atom stereocenters. The van der Waals surface area contributed by atoms with Crippen molar-refractivity contribution in [3.8, 4) is 6.07 Å². The second-order valence-electron chi connectivity index (χ2n) is 4.81. The predicted molar refractivity (Wildman–Crippen MR) is 71.0 cm³/mol. The van der Waals surface area contributed by atoms with Gasteiger partial charge in [0.25, 0.3) is 0 Å². The van der Waals surface area contributed by atoms with Crippen LogP contribution >= 0.6 is 0 Å². The number of hydrogen-bond donors (Lipinski definition) is 1. The van der Waals surface area contributed by atoms with Gasteiger partial charge in [0.05, 0.1) is 18.8 Å². The first-order valence-corrected chi connectivity index (χ1v) is 6.58. The van der Waals surface area contributed by atoms with Gasteiger partial charge in [-0.1, -0.05) is 30.3 Å². The highest BCUT2D eigenvalue weighted by molar-refractivity contribution is 5.31. The van der Waals surface area contributed by atoms with Gasteiger partial charge < -0.3 is 4.74 Å². The van der Waals surface area contributed by atoms with Gasteiger partial charge in [-0.2, -0.15) is 5.26 Å². The molecule has 0 saturated heterocycles. The fourth-order valence-corrected chi connectivity index (χ4v) is 2.23. The molecule has 2 rings (SSSR count). The van der Waals surface area contributed by atoms with Crippen LogP contribution < -0.4 is 5.32 Å². The number of nitrogens with one attached hydrogen (secondary N) is 1. The van der Waals surface area contributed by atoms with Crippen molar-refractivity contribution in [2.75, 3.05) is 13.7 Å². The number of benzene rings is 1. The lowest BCUT2D eigenvalue weighted by Crippen LogP contribution is -2.40. The average molecular weight is 244 g/mol. The van der Waals surface area contributed by atoms with E-state index < -0.39 is 5.54 Å². The van der Waals surface area contributed by atoms with E-state index >= 15 is 0 Å². The summed E-state index contributed by atoms with van der Waals surface area (Å²) in [4.78, 5) is 0. The van der Waals surface area contributed by atoms with Gasteiger partial charge in [-0.3, -0.25) is 5.32 Å². The summed E-state index contributed by atoms with van der Waals surface area (Å²) >= 11 is 0. The molecule has 1 aliphatic carbocycles. The molecule has 0 heterocycles. The number of nitriles is 1. The number of ether oxygens (including phenoxy) is 1. The molecular weight excluding hydrogens is 224 g/mol. The van der Waals surface area contributed by atoms with Crippen molar-refractivity contribution in [3.63, 3.8) is 0 Å². The van der Waals surface area contributed by atoms with E-state index in [2.05, 4.69) is 11.4 Å². The molecule has 0 radical (unpaired) electrons. The number of nitrogens with zero attached hydrogens (tertiary/aromatic N) is 1. The lowest BCUT2D eigenvalue weighted by Gasteiger charge is -2.30. The maximum atomic E-state index is 9.50. The molecule has 1 aromatic carbocycles. The smallest absolute Gasteiger partial charge is 0.134 e. The molecule has 1 unspecified atom stereocenters. The summed E-state index contributed by atoms with van der Waals surface area (Å²) < 4.78 is 5.77. The van der Waals surface area contributed by atoms with Gasteiger partial charge in [-0.25, -0.2) is 0 Å². The second-order valence-corrected chi connectivity index (χ2v) is 4.81. The van der Waals surface area contributed by atoms with Crippen LogP contribution in [0, 0.1) is 11.3 Å². The Hall–Kier alpha value is -1.37. The average Bonchev–Trinajstić information content (AvgIpc) is 2.39. The molecule has 0 bridgehead atoms. The van der Waals surface area contributed by atoms with Crippen LogP contribution in [0.5, 0.6) is 0 Å². The van der Waals surface area contributed by atoms with Crippen LogP contribution in [0.25, 0.3) is 0 Å². The number of hydrogen-bond acceptors (Lipinski definition) is 3. The zero-order chi connectivity index (χ0) is 12.8. The third-order valence-corrected chi connectivity index (χ3v) is 3.77. The highest BCUT2D eigenvalue weighted by Crippen LogP contribution is 2.26. The van der Waals surface area contributed by atoms with Crippen LogP contribution in [0.2, 0.25) is 0 Å². The SMILES string of the molecule is CNC(C#N)(CCOC1CCC1)c1ccccc1. The van der Waals surface area contributed by atoms with Crippen LogP contribution in [0.3, 0.4) is 0 Å². The van der Waals surface area contributed by atoms with Crippen LogP contribution in [-0.2, 0) is 10.3 Å². The van der Waals surface area contributed by atoms with Gasteiger partial charge in [0.1, 0.15) is 5.54 Å². The summed E-state index contributed by atoms with van der Waals surface area (Å²) in [6.07, 6.45) is 4.72. The summed E-state index contributed by atoms with van der Waals surface area (Å²) in [5, 5.41) is 12.6. The minimum Gasteiger partial charge on any atom is -0.378 e. The molecule has 3 nitrogen and oxygen atoms in total. The van der Waals surface area contributed by atoms with Crippen molar-refractivity contribution < 1.29 is 4.74 Å². The molecule has 1 aromatic rings. The Labute approximate surface area is 109 Å². The monoisotopic (exact) mass is 244 g/mol. The highest BCUT2D eigenvalue weighted by atomic mass is 16.5. The molecule has 1 fully saturated rings. The van der Waals surface area contributed by atoms with Crippen molar-refractivity contribution in [1.82, 2.24) is 5.32 Å². The summed E-state index contributed by atoms with van der Waals surface area (Å²) in [5.74, 6) is 0. The first-order chi connectivity index (χ1) is 8.80. The fraction of sp³-hybridized carbons (Fsp3) is 0.533. The second kappa shape index (κ2) is 5.99. The summed E-state index contributed by atoms with van der Waals surface area (Å²) in [6, 6.07) is 12.3. The summed E-state index contributed by atoms with van der Waals surface area (Å²) in [7, 11) is 1.83. The molecule has 1 saturated carbocycles. The first-order valence-electron chi connectivity index (χ1n) is 6.58. The normalized spacial score (nSPS) is 18.7. The van der Waals surface area contributed by atoms with Crippen LogP contribution in [0.15, 0.2) is 30.3 Å². The van der Waals surface area contributed by atoms with Crippen molar-refractivity contribution >= 4 is 0 Å². The van der Waals surface area contributed by atoms with E-state index in [0.29, 0.717) is 19.1 Å². The van der Waals surface area contributed by atoms with E-state index in [1.807, 2.05) is 37.4 Å². The Balaban J connectivity index is 1.99. The van der Waals surface area contributed by atoms with E-state index in [1.165, 1.54) is 19.3 Å². The minimum absolute atomic E-state index is 0.425. The molecule has 3 heteroatoms. The predicted octanol–water partition coefficient (Wildman–Crippen LogP) is 2.58. The Bertz CT molecular complexity index is 408. The van der Waals surface area contributed by atoms with Gasteiger partial charge in [0, 0.05) is 6.42 Å². The zero-order valence-corrected chi connectivity index (χ0v) is 10.9. The Morgan fingerprint density at radius 1 is 1.39 bits per heavy atom. The topological polar surface area (TPSA) is 45.0 Å². The molecular formula is C15H20N2O. The largest absolute Gasteiger partial charge is 0.378 e. The highest BCUT2D eigenvalue weighted by Gasteiger charge is 2.30. The van der Waals surface area contributed by atoms with Crippen LogP contribution in [0.1, 0.15) is 31.2 Å². The van der Waals surface area contributed by atoms with Gasteiger partial charge >= 0.3 is 0 Å². The molecule has 18 heavy (non-hydrogen) atoms. The molecule has 1 N–H and O–H groups in total. The third-order valence-electron chi connectivity index (χ3n) is 3.77. The molecule has 0 amide bonds. The molecule has 0 spiro atoms. The summed E-state index contributed by atoms with van der Waals surface area (Å²) in [5.41, 5.74) is 0.373. The van der Waals surface area contributed by atoms with Crippen molar-refractivity contribution in [2.24, 2.45) is 0 Å². The quantitative estimate of drug-likeness (QED) is 0.836. The van der Waals surface area contributed by atoms with Crippen molar-refractivity contribution in [1.29, 1.82) is 5.26 Å². The molecule has 0 aromatic heterocycles. The van der Waals surface area contributed by atoms with Gasteiger partial charge in [-0.05, 0) is 31.9 Å². The first kappa shape index (κ1) is 13.1. The van der Waals surface area contributed by atoms with E-state index in [9.17, 15) is 5.26 Å². The number of rotatable bonds is 6. The van der Waals surface area contributed by atoms with Crippen molar-refractivity contribution in [3.05, 3.63) is 35.9 Å². The third kappa shape index (κ3) is 2.72. The fourth-order valence-electron chi connectivity index (χ4n) is 2.23. The Morgan fingerprint density at radius 2 is 2.11 bits per heavy atom. The lowest BCUT2D eigenvalue weighted by atomic mass is 9.88. The van der Waals surface area contributed by atoms with E-state index in [1.54, 1.807) is 0 Å². The zero-order valence-electron chi connectivity index (χ0n) is 10.9. The van der Waals surface area contributed by atoms with Gasteiger partial charge in [0.2, 0.25) is 0 Å². The maximum Gasteiger partial charge on any atom is 0.134 e. The standard InChI is InChI=1S/C15H20N2O/c1-17-15(12-16,13-6-3-2-4-7-13)10-11-18-14-8-5-9-14/h2-4,6-7,14,17H,5,8-11H2,1H3. The maximum absolute atomic E-state index is 9.50. The van der Waals surface area contributed by atoms with Gasteiger partial charge in [-0.15, -0.1) is 0 Å². The van der Waals surface area contributed by atoms with Gasteiger partial charge in [0.15, 0.2) is 0 Å². The summed E-state index contributed by atoms with van der Waals surface area (Å²) in [6.45, 7) is 0.633. The van der Waals surface area contributed by atoms with Crippen molar-refractivity contribution in [2.45, 2.75) is 37.3 Å². The Kier molecular flexibility index (Phi) is 4.35.